The van der Waals surface area contributed by atoms with Gasteiger partial charge in [0.1, 0.15) is 11.4 Å². The number of carbonyl (C=O) groups excluding carboxylic acids is 1. The molecule has 2 saturated heterocycles. The Balaban J connectivity index is 1.12. The highest BCUT2D eigenvalue weighted by Gasteiger charge is 2.34. The second-order valence-corrected chi connectivity index (χ2v) is 12.8. The summed E-state index contributed by atoms with van der Waals surface area (Å²) >= 11 is 0. The molecule has 2 atom stereocenters. The summed E-state index contributed by atoms with van der Waals surface area (Å²) in [5.74, 6) is 1.51. The maximum Gasteiger partial charge on any atom is 0.410 e. The summed E-state index contributed by atoms with van der Waals surface area (Å²) in [5, 5.41) is 9.70. The molecule has 0 radical (unpaired) electrons. The van der Waals surface area contributed by atoms with Gasteiger partial charge >= 0.3 is 6.09 Å². The average molecular weight is 552 g/mol. The summed E-state index contributed by atoms with van der Waals surface area (Å²) < 4.78 is 5.56. The van der Waals surface area contributed by atoms with Crippen LogP contribution < -0.4 is 4.90 Å². The van der Waals surface area contributed by atoms with Gasteiger partial charge in [-0.3, -0.25) is 4.90 Å². The third kappa shape index (κ3) is 5.76. The normalized spacial score (nSPS) is 22.6. The quantitative estimate of drug-likeness (QED) is 0.433. The topological polar surface area (TPSA) is 72.7 Å². The number of aromatic nitrogens is 1. The molecule has 7 heteroatoms. The number of allylic oxidation sites excluding steroid dienone is 3. The first kappa shape index (κ1) is 27.5. The van der Waals surface area contributed by atoms with Crippen molar-refractivity contribution in [3.63, 3.8) is 0 Å². The number of anilines is 1. The molecule has 2 fully saturated rings. The van der Waals surface area contributed by atoms with Gasteiger partial charge in [0.05, 0.1) is 17.3 Å². The maximum absolute atomic E-state index is 12.5. The molecule has 1 aromatic heterocycles. The largest absolute Gasteiger partial charge is 0.444 e. The van der Waals surface area contributed by atoms with Crippen LogP contribution in [0.25, 0.3) is 6.08 Å². The molecular formula is C34H41N5O2. The van der Waals surface area contributed by atoms with Gasteiger partial charge in [0.15, 0.2) is 0 Å². The second kappa shape index (κ2) is 11.3. The van der Waals surface area contributed by atoms with Crippen molar-refractivity contribution in [3.05, 3.63) is 76.0 Å². The van der Waals surface area contributed by atoms with Crippen LogP contribution in [0, 0.1) is 11.3 Å². The van der Waals surface area contributed by atoms with Gasteiger partial charge in [-0.2, -0.15) is 5.26 Å². The van der Waals surface area contributed by atoms with E-state index in [1.165, 1.54) is 40.8 Å². The van der Waals surface area contributed by atoms with E-state index >= 15 is 0 Å². The van der Waals surface area contributed by atoms with Crippen molar-refractivity contribution in [1.29, 1.82) is 5.26 Å². The fraction of sp³-hybridized carbons (Fsp3) is 0.500. The molecule has 7 nitrogen and oxygen atoms in total. The summed E-state index contributed by atoms with van der Waals surface area (Å²) in [6.07, 6.45) is 13.8. The van der Waals surface area contributed by atoms with Crippen LogP contribution in [0.3, 0.4) is 0 Å². The highest BCUT2D eigenvalue weighted by Crippen LogP contribution is 2.42. The Morgan fingerprint density at radius 1 is 1.00 bits per heavy atom. The van der Waals surface area contributed by atoms with E-state index in [4.69, 9.17) is 9.72 Å². The molecule has 4 heterocycles. The molecule has 41 heavy (non-hydrogen) atoms. The number of fused-ring (bicyclic) bond motifs is 4. The van der Waals surface area contributed by atoms with Gasteiger partial charge in [-0.05, 0) is 93.3 Å². The van der Waals surface area contributed by atoms with E-state index in [0.29, 0.717) is 25.0 Å². The Hall–Kier alpha value is -3.63. The van der Waals surface area contributed by atoms with E-state index in [1.54, 1.807) is 4.90 Å². The highest BCUT2D eigenvalue weighted by molar-refractivity contribution is 5.68. The molecule has 3 aliphatic heterocycles. The van der Waals surface area contributed by atoms with Gasteiger partial charge in [-0.1, -0.05) is 42.9 Å². The first-order chi connectivity index (χ1) is 19.8. The van der Waals surface area contributed by atoms with E-state index in [1.807, 2.05) is 26.8 Å². The van der Waals surface area contributed by atoms with Crippen LogP contribution in [0.15, 0.2) is 42.5 Å². The van der Waals surface area contributed by atoms with Crippen molar-refractivity contribution in [2.45, 2.75) is 77.0 Å². The van der Waals surface area contributed by atoms with E-state index < -0.39 is 5.60 Å². The van der Waals surface area contributed by atoms with Crippen LogP contribution in [0.1, 0.15) is 91.9 Å². The minimum Gasteiger partial charge on any atom is -0.444 e. The summed E-state index contributed by atoms with van der Waals surface area (Å²) in [4.78, 5) is 24.4. The first-order valence-electron chi connectivity index (χ1n) is 15.2. The van der Waals surface area contributed by atoms with Gasteiger partial charge in [0.25, 0.3) is 0 Å². The molecule has 1 aliphatic carbocycles. The number of benzene rings is 1. The molecule has 0 spiro atoms. The van der Waals surface area contributed by atoms with Crippen LogP contribution in [0.2, 0.25) is 0 Å². The number of ether oxygens (including phenoxy) is 1. The second-order valence-electron chi connectivity index (χ2n) is 12.8. The minimum atomic E-state index is -0.477. The van der Waals surface area contributed by atoms with E-state index in [9.17, 15) is 10.1 Å². The number of piperazine rings is 1. The Bertz CT molecular complexity index is 1410. The van der Waals surface area contributed by atoms with Crippen LogP contribution in [0.4, 0.5) is 10.6 Å². The Labute approximate surface area is 244 Å². The molecule has 4 aliphatic rings. The number of carbonyl (C=O) groups is 1. The molecule has 214 valence electrons. The Morgan fingerprint density at radius 3 is 2.59 bits per heavy atom. The lowest BCUT2D eigenvalue weighted by molar-refractivity contribution is 0.0240. The Kier molecular flexibility index (Phi) is 7.61. The summed E-state index contributed by atoms with van der Waals surface area (Å²) in [6.45, 7) is 10.5. The molecule has 0 N–H and O–H groups in total. The van der Waals surface area contributed by atoms with Crippen LogP contribution in [0.5, 0.6) is 0 Å². The maximum atomic E-state index is 12.5. The summed E-state index contributed by atoms with van der Waals surface area (Å²) in [6, 6.07) is 11.6. The number of amides is 1. The van der Waals surface area contributed by atoms with Gasteiger partial charge in [0.2, 0.25) is 0 Å². The third-order valence-electron chi connectivity index (χ3n) is 8.98. The monoisotopic (exact) mass is 551 g/mol. The molecule has 1 unspecified atom stereocenters. The Morgan fingerprint density at radius 2 is 1.80 bits per heavy atom. The van der Waals surface area contributed by atoms with Crippen molar-refractivity contribution >= 4 is 18.0 Å². The smallest absolute Gasteiger partial charge is 0.410 e. The fourth-order valence-corrected chi connectivity index (χ4v) is 6.93. The standard InChI is InChI=1S/C34H41N5O2/c1-34(2,3)41-33(40)38-20-18-37(19-21-38)32-15-14-29-30(36-32)23-39-17-16-24(8-7-11-31(29)39)27-13-12-25(22-35)26-9-5-4-6-10-28(26)27/h4-6,10,12-15,24,31H,7-9,11,16-21,23H2,1-3H3/t24?,31-/m1/s1. The predicted octanol–water partition coefficient (Wildman–Crippen LogP) is 6.35. The number of hydrogen-bond donors (Lipinski definition) is 0. The lowest BCUT2D eigenvalue weighted by Gasteiger charge is -2.36. The third-order valence-corrected chi connectivity index (χ3v) is 8.98. The average Bonchev–Trinajstić information content (AvgIpc) is 3.09. The summed E-state index contributed by atoms with van der Waals surface area (Å²) in [5.41, 5.74) is 6.76. The van der Waals surface area contributed by atoms with Gasteiger partial charge in [0, 0.05) is 38.8 Å². The van der Waals surface area contributed by atoms with Gasteiger partial charge in [-0.25, -0.2) is 9.78 Å². The lowest BCUT2D eigenvalue weighted by Crippen LogP contribution is -2.50. The number of nitriles is 1. The van der Waals surface area contributed by atoms with Crippen LogP contribution >= 0.6 is 0 Å². The zero-order valence-electron chi connectivity index (χ0n) is 24.6. The molecule has 0 saturated carbocycles. The molecule has 0 bridgehead atoms. The number of rotatable bonds is 2. The molecule has 6 rings (SSSR count). The molecular weight excluding hydrogens is 510 g/mol. The van der Waals surface area contributed by atoms with Crippen LogP contribution in [-0.2, 0) is 17.7 Å². The summed E-state index contributed by atoms with van der Waals surface area (Å²) in [7, 11) is 0. The van der Waals surface area contributed by atoms with Gasteiger partial charge < -0.3 is 14.5 Å². The van der Waals surface area contributed by atoms with Gasteiger partial charge in [-0.15, -0.1) is 0 Å². The highest BCUT2D eigenvalue weighted by atomic mass is 16.6. The molecule has 1 amide bonds. The van der Waals surface area contributed by atoms with E-state index in [-0.39, 0.29) is 6.09 Å². The predicted molar refractivity (Wildman–Crippen MR) is 162 cm³/mol. The van der Waals surface area contributed by atoms with Crippen molar-refractivity contribution in [2.75, 3.05) is 37.6 Å². The van der Waals surface area contributed by atoms with E-state index in [0.717, 1.165) is 56.8 Å². The van der Waals surface area contributed by atoms with E-state index in [2.05, 4.69) is 58.4 Å². The number of nitrogens with zero attached hydrogens (tertiary/aromatic N) is 5. The van der Waals surface area contributed by atoms with Crippen molar-refractivity contribution in [1.82, 2.24) is 14.8 Å². The SMILES string of the molecule is CC(C)(C)OC(=O)N1CCN(c2ccc3c(n2)CN2CCC(c4ccc(C#N)c5c4C=CC=CC5)CCC[C@H]32)CC1. The lowest BCUT2D eigenvalue weighted by atomic mass is 9.82. The van der Waals surface area contributed by atoms with Crippen LogP contribution in [-0.4, -0.2) is 59.2 Å². The van der Waals surface area contributed by atoms with Crippen molar-refractivity contribution in [2.24, 2.45) is 0 Å². The fourth-order valence-electron chi connectivity index (χ4n) is 6.93. The van der Waals surface area contributed by atoms with Crippen molar-refractivity contribution < 1.29 is 9.53 Å². The van der Waals surface area contributed by atoms with Crippen molar-refractivity contribution in [3.8, 4) is 6.07 Å². The number of hydrogen-bond acceptors (Lipinski definition) is 6. The number of pyridine rings is 1. The first-order valence-corrected chi connectivity index (χ1v) is 15.2. The minimum absolute atomic E-state index is 0.230. The molecule has 2 aromatic rings. The molecule has 1 aromatic carbocycles. The zero-order valence-corrected chi connectivity index (χ0v) is 24.6. The zero-order chi connectivity index (χ0) is 28.6.